The maximum Gasteiger partial charge on any atom is 0.0972 e. The molecule has 4 heteroatoms. The molecule has 0 radical (unpaired) electrons. The van der Waals surface area contributed by atoms with E-state index in [9.17, 15) is 0 Å². The Morgan fingerprint density at radius 3 is 1.28 bits per heavy atom. The highest BCUT2D eigenvalue weighted by Gasteiger charge is 2.17. The summed E-state index contributed by atoms with van der Waals surface area (Å²) in [6.45, 7) is 4.55. The highest BCUT2D eigenvalue weighted by atomic mass is 14.8. The summed E-state index contributed by atoms with van der Waals surface area (Å²) in [6.07, 6.45) is 15.5. The molecule has 0 unspecified atom stereocenters. The molecule has 4 nitrogen and oxygen atoms in total. The Bertz CT molecular complexity index is 1990. The smallest absolute Gasteiger partial charge is 0.0972 e. The van der Waals surface area contributed by atoms with Gasteiger partial charge in [0.05, 0.1) is 33.5 Å². The average Bonchev–Trinajstić information content (AvgIpc) is 3.11. The van der Waals surface area contributed by atoms with E-state index in [-0.39, 0.29) is 0 Å². The van der Waals surface area contributed by atoms with Crippen LogP contribution in [-0.2, 0) is 12.8 Å². The van der Waals surface area contributed by atoms with Crippen molar-refractivity contribution in [3.05, 3.63) is 108 Å². The van der Waals surface area contributed by atoms with Crippen molar-refractivity contribution in [3.8, 4) is 22.5 Å². The van der Waals surface area contributed by atoms with Gasteiger partial charge < -0.3 is 0 Å². The second-order valence-electron chi connectivity index (χ2n) is 12.6. The highest BCUT2D eigenvalue weighted by molar-refractivity contribution is 6.04. The fraction of sp³-hybridized carbons (Fsp3) is 0.286. The predicted octanol–water partition coefficient (Wildman–Crippen LogP) is 11.5. The summed E-state index contributed by atoms with van der Waals surface area (Å²) in [6, 6.07) is 30.5. The predicted molar refractivity (Wildman–Crippen MR) is 194 cm³/mol. The molecule has 7 aromatic rings. The van der Waals surface area contributed by atoms with Gasteiger partial charge >= 0.3 is 0 Å². The van der Waals surface area contributed by atoms with E-state index in [1.807, 2.05) is 24.5 Å². The first-order valence-corrected chi connectivity index (χ1v) is 17.2. The second kappa shape index (κ2) is 13.7. The lowest BCUT2D eigenvalue weighted by Gasteiger charge is -2.18. The summed E-state index contributed by atoms with van der Waals surface area (Å²) in [5.41, 5.74) is 11.1. The summed E-state index contributed by atoms with van der Waals surface area (Å²) >= 11 is 0. The van der Waals surface area contributed by atoms with Crippen molar-refractivity contribution in [2.45, 2.75) is 78.1 Å². The van der Waals surface area contributed by atoms with Crippen LogP contribution in [0.25, 0.3) is 66.1 Å². The SMILES string of the molecule is CCCCCCc1cc(-c2ccc3ccc4cccnc4c3n2)c(CCCCCC)cc1-c1ccc2ccc3cccnc3c2n1. The normalized spacial score (nSPS) is 11.7. The van der Waals surface area contributed by atoms with E-state index in [1.54, 1.807) is 0 Å². The van der Waals surface area contributed by atoms with Crippen molar-refractivity contribution in [2.75, 3.05) is 0 Å². The first-order valence-electron chi connectivity index (χ1n) is 17.2. The van der Waals surface area contributed by atoms with Crippen molar-refractivity contribution in [2.24, 2.45) is 0 Å². The van der Waals surface area contributed by atoms with Gasteiger partial charge in [-0.15, -0.1) is 0 Å². The zero-order valence-electron chi connectivity index (χ0n) is 27.1. The van der Waals surface area contributed by atoms with Gasteiger partial charge in [0.15, 0.2) is 0 Å². The number of nitrogens with zero attached hydrogens (tertiary/aromatic N) is 4. The van der Waals surface area contributed by atoms with Crippen LogP contribution in [0.2, 0.25) is 0 Å². The summed E-state index contributed by atoms with van der Waals surface area (Å²) in [5, 5.41) is 4.49. The number of pyridine rings is 4. The molecule has 0 fully saturated rings. The molecule has 0 N–H and O–H groups in total. The molecule has 0 saturated carbocycles. The molecule has 0 amide bonds. The van der Waals surface area contributed by atoms with Crippen LogP contribution in [0.1, 0.15) is 76.3 Å². The van der Waals surface area contributed by atoms with Crippen LogP contribution in [0.5, 0.6) is 0 Å². The fourth-order valence-corrected chi connectivity index (χ4v) is 6.81. The van der Waals surface area contributed by atoms with Gasteiger partial charge in [0.2, 0.25) is 0 Å². The Balaban J connectivity index is 1.40. The van der Waals surface area contributed by atoms with Crippen LogP contribution < -0.4 is 0 Å². The number of hydrogen-bond donors (Lipinski definition) is 0. The molecule has 3 aromatic carbocycles. The first-order chi connectivity index (χ1) is 22.7. The first kappa shape index (κ1) is 30.0. The second-order valence-corrected chi connectivity index (χ2v) is 12.6. The molecule has 0 spiro atoms. The molecule has 4 aromatic heterocycles. The van der Waals surface area contributed by atoms with Crippen LogP contribution in [-0.4, -0.2) is 19.9 Å². The third kappa shape index (κ3) is 6.09. The molecular formula is C42H42N4. The number of hydrogen-bond acceptors (Lipinski definition) is 4. The van der Waals surface area contributed by atoms with Gasteiger partial charge in [0.25, 0.3) is 0 Å². The molecule has 46 heavy (non-hydrogen) atoms. The standard InChI is InChI=1S/C42H42N4/c1-3-5-7-9-13-33-27-36(38-24-22-32-20-18-30-16-12-26-44-40(30)42(32)46-38)34(14-10-8-6-4-2)28-35(33)37-23-21-31-19-17-29-15-11-25-43-39(29)41(31)45-37/h11-12,15-28H,3-10,13-14H2,1-2H3. The van der Waals surface area contributed by atoms with Crippen LogP contribution in [0.15, 0.2) is 97.3 Å². The number of aryl methyl sites for hydroxylation is 2. The lowest BCUT2D eigenvalue weighted by molar-refractivity contribution is 0.664. The number of fused-ring (bicyclic) bond motifs is 6. The molecule has 0 bridgehead atoms. The molecule has 0 aliphatic carbocycles. The maximum atomic E-state index is 5.32. The molecule has 0 aliphatic heterocycles. The topological polar surface area (TPSA) is 51.6 Å². The summed E-state index contributed by atoms with van der Waals surface area (Å²) in [7, 11) is 0. The summed E-state index contributed by atoms with van der Waals surface area (Å²) in [5.74, 6) is 0. The molecule has 0 aliphatic rings. The van der Waals surface area contributed by atoms with Gasteiger partial charge in [-0.2, -0.15) is 0 Å². The van der Waals surface area contributed by atoms with E-state index in [0.29, 0.717) is 0 Å². The van der Waals surface area contributed by atoms with Gasteiger partial charge in [-0.05, 0) is 73.2 Å². The molecule has 0 atom stereocenters. The minimum absolute atomic E-state index is 0.962. The van der Waals surface area contributed by atoms with E-state index < -0.39 is 0 Å². The van der Waals surface area contributed by atoms with Crippen molar-refractivity contribution < 1.29 is 0 Å². The van der Waals surface area contributed by atoms with Crippen molar-refractivity contribution in [1.29, 1.82) is 0 Å². The van der Waals surface area contributed by atoms with E-state index in [2.05, 4.69) is 86.6 Å². The van der Waals surface area contributed by atoms with Gasteiger partial charge in [0.1, 0.15) is 0 Å². The van der Waals surface area contributed by atoms with Gasteiger partial charge in [-0.1, -0.05) is 101 Å². The Morgan fingerprint density at radius 1 is 0.435 bits per heavy atom. The van der Waals surface area contributed by atoms with Gasteiger partial charge in [0, 0.05) is 45.1 Å². The lowest BCUT2D eigenvalue weighted by Crippen LogP contribution is -2.01. The van der Waals surface area contributed by atoms with Gasteiger partial charge in [-0.25, -0.2) is 9.97 Å². The monoisotopic (exact) mass is 602 g/mol. The number of unbranched alkanes of at least 4 members (excludes halogenated alkanes) is 6. The number of benzene rings is 3. The van der Waals surface area contributed by atoms with Crippen LogP contribution >= 0.6 is 0 Å². The Morgan fingerprint density at radius 2 is 0.848 bits per heavy atom. The van der Waals surface area contributed by atoms with Crippen molar-refractivity contribution in [3.63, 3.8) is 0 Å². The summed E-state index contributed by atoms with van der Waals surface area (Å²) < 4.78 is 0. The Labute approximate surface area is 272 Å². The minimum atomic E-state index is 0.962. The van der Waals surface area contributed by atoms with Crippen LogP contribution in [0, 0.1) is 0 Å². The molecular weight excluding hydrogens is 560 g/mol. The number of rotatable bonds is 12. The average molecular weight is 603 g/mol. The zero-order valence-corrected chi connectivity index (χ0v) is 27.1. The molecule has 7 rings (SSSR count). The minimum Gasteiger partial charge on any atom is -0.254 e. The fourth-order valence-electron chi connectivity index (χ4n) is 6.81. The maximum absolute atomic E-state index is 5.32. The van der Waals surface area contributed by atoms with E-state index in [0.717, 1.165) is 80.7 Å². The number of aromatic nitrogens is 4. The quantitative estimate of drug-likeness (QED) is 0.103. The van der Waals surface area contributed by atoms with Crippen molar-refractivity contribution >= 4 is 43.6 Å². The van der Waals surface area contributed by atoms with Crippen LogP contribution in [0.4, 0.5) is 0 Å². The van der Waals surface area contributed by atoms with Crippen molar-refractivity contribution in [1.82, 2.24) is 19.9 Å². The Kier molecular flexibility index (Phi) is 8.96. The van der Waals surface area contributed by atoms with E-state index in [1.165, 1.54) is 60.8 Å². The zero-order chi connectivity index (χ0) is 31.3. The lowest BCUT2D eigenvalue weighted by atomic mass is 9.89. The Hall–Kier alpha value is -4.70. The third-order valence-corrected chi connectivity index (χ3v) is 9.34. The largest absolute Gasteiger partial charge is 0.254 e. The van der Waals surface area contributed by atoms with Gasteiger partial charge in [-0.3, -0.25) is 9.97 Å². The molecule has 230 valence electrons. The highest BCUT2D eigenvalue weighted by Crippen LogP contribution is 2.36. The van der Waals surface area contributed by atoms with Crippen LogP contribution in [0.3, 0.4) is 0 Å². The molecule has 0 saturated heterocycles. The van der Waals surface area contributed by atoms with E-state index >= 15 is 0 Å². The van der Waals surface area contributed by atoms with E-state index in [4.69, 9.17) is 19.9 Å². The third-order valence-electron chi connectivity index (χ3n) is 9.34. The summed E-state index contributed by atoms with van der Waals surface area (Å²) in [4.78, 5) is 20.1. The molecule has 4 heterocycles.